The maximum Gasteiger partial charge on any atom is 0.115 e. The maximum absolute atomic E-state index is 3.98. The van der Waals surface area contributed by atoms with E-state index in [4.69, 9.17) is 0 Å². The molecule has 0 spiro atoms. The first-order chi connectivity index (χ1) is 5.40. The molecular weight excluding hydrogens is 178 g/mol. The van der Waals surface area contributed by atoms with Crippen molar-refractivity contribution in [3.05, 3.63) is 6.92 Å². The van der Waals surface area contributed by atoms with Crippen LogP contribution in [0.4, 0.5) is 0 Å². The van der Waals surface area contributed by atoms with Crippen LogP contribution in [0, 0.1) is 6.92 Å². The molecule has 0 aromatic heterocycles. The molecular formula is C9H22NSi2. The van der Waals surface area contributed by atoms with Gasteiger partial charge >= 0.3 is 0 Å². The van der Waals surface area contributed by atoms with Crippen molar-refractivity contribution in [1.29, 1.82) is 0 Å². The van der Waals surface area contributed by atoms with E-state index in [1.54, 1.807) is 0 Å². The molecule has 1 rings (SSSR count). The number of hydrogen-bond acceptors (Lipinski definition) is 1. The van der Waals surface area contributed by atoms with Crippen molar-refractivity contribution >= 4 is 16.5 Å². The molecule has 0 aromatic carbocycles. The van der Waals surface area contributed by atoms with Gasteiger partial charge < -0.3 is 4.23 Å². The summed E-state index contributed by atoms with van der Waals surface area (Å²) < 4.78 is 2.88. The molecule has 1 aliphatic heterocycles. The molecule has 71 valence electrons. The van der Waals surface area contributed by atoms with Crippen LogP contribution in [0.1, 0.15) is 6.42 Å². The largest absolute Gasteiger partial charge is 0.345 e. The average Bonchev–Trinajstić information content (AvgIpc) is 2.13. The van der Waals surface area contributed by atoms with Crippen molar-refractivity contribution < 1.29 is 0 Å². The zero-order valence-corrected chi connectivity index (χ0v) is 11.0. The van der Waals surface area contributed by atoms with Crippen LogP contribution in [0.15, 0.2) is 0 Å². The SMILES string of the molecule is [CH2]CCN1[Si](C)(C)CC[Si]1(C)C. The third kappa shape index (κ3) is 1.83. The zero-order chi connectivity index (χ0) is 9.41. The summed E-state index contributed by atoms with van der Waals surface area (Å²) in [5.74, 6) is 0. The van der Waals surface area contributed by atoms with Crippen molar-refractivity contribution in [2.75, 3.05) is 6.54 Å². The van der Waals surface area contributed by atoms with Gasteiger partial charge in [0.15, 0.2) is 0 Å². The minimum Gasteiger partial charge on any atom is -0.345 e. The lowest BCUT2D eigenvalue weighted by Crippen LogP contribution is -2.54. The normalized spacial score (nSPS) is 27.8. The van der Waals surface area contributed by atoms with Gasteiger partial charge in [-0.25, -0.2) is 0 Å². The minimum absolute atomic E-state index is 0.971. The standard InChI is InChI=1S/C9H22NSi2/c1-6-7-10-11(2,3)8-9-12(10,4)5/h1,6-9H2,2-5H3. The van der Waals surface area contributed by atoms with Gasteiger partial charge in [-0.2, -0.15) is 0 Å². The van der Waals surface area contributed by atoms with Crippen molar-refractivity contribution in [3.63, 3.8) is 0 Å². The Morgan fingerprint density at radius 3 is 1.83 bits per heavy atom. The molecule has 0 unspecified atom stereocenters. The maximum atomic E-state index is 3.98. The summed E-state index contributed by atoms with van der Waals surface area (Å²) in [6.45, 7) is 15.3. The first kappa shape index (κ1) is 10.5. The van der Waals surface area contributed by atoms with Crippen LogP contribution in [-0.4, -0.2) is 27.2 Å². The number of nitrogens with zero attached hydrogens (tertiary/aromatic N) is 1. The van der Waals surface area contributed by atoms with Crippen molar-refractivity contribution in [2.45, 2.75) is 44.7 Å². The second-order valence-corrected chi connectivity index (χ2v) is 14.9. The Kier molecular flexibility index (Phi) is 2.86. The topological polar surface area (TPSA) is 3.24 Å². The average molecular weight is 200 g/mol. The van der Waals surface area contributed by atoms with E-state index in [9.17, 15) is 0 Å². The van der Waals surface area contributed by atoms with Crippen LogP contribution in [0.2, 0.25) is 38.3 Å². The molecule has 3 heteroatoms. The molecule has 1 nitrogen and oxygen atoms in total. The smallest absolute Gasteiger partial charge is 0.115 e. The van der Waals surface area contributed by atoms with E-state index in [1.807, 2.05) is 0 Å². The van der Waals surface area contributed by atoms with Gasteiger partial charge in [0, 0.05) is 0 Å². The first-order valence-electron chi connectivity index (χ1n) is 4.97. The molecule has 0 saturated carbocycles. The van der Waals surface area contributed by atoms with Crippen LogP contribution in [0.5, 0.6) is 0 Å². The molecule has 12 heavy (non-hydrogen) atoms. The molecule has 0 amide bonds. The third-order valence-electron chi connectivity index (χ3n) is 3.19. The van der Waals surface area contributed by atoms with E-state index in [0.717, 1.165) is 6.42 Å². The predicted molar refractivity (Wildman–Crippen MR) is 61.3 cm³/mol. The molecule has 0 aromatic rings. The highest BCUT2D eigenvalue weighted by atomic mass is 28.4. The van der Waals surface area contributed by atoms with Gasteiger partial charge in [-0.1, -0.05) is 33.1 Å². The summed E-state index contributed by atoms with van der Waals surface area (Å²) in [7, 11) is -1.94. The Bertz CT molecular complexity index is 150. The molecule has 1 fully saturated rings. The second kappa shape index (κ2) is 3.27. The van der Waals surface area contributed by atoms with Crippen LogP contribution < -0.4 is 0 Å². The third-order valence-corrected chi connectivity index (χ3v) is 13.6. The lowest BCUT2D eigenvalue weighted by Gasteiger charge is -2.38. The zero-order valence-electron chi connectivity index (χ0n) is 8.98. The molecule has 1 radical (unpaired) electrons. The van der Waals surface area contributed by atoms with E-state index in [-0.39, 0.29) is 0 Å². The van der Waals surface area contributed by atoms with Gasteiger partial charge in [0.1, 0.15) is 16.5 Å². The van der Waals surface area contributed by atoms with Gasteiger partial charge in [0.2, 0.25) is 0 Å². The second-order valence-electron chi connectivity index (χ2n) is 5.13. The Labute approximate surface area is 79.3 Å². The van der Waals surface area contributed by atoms with Gasteiger partial charge in [-0.15, -0.1) is 0 Å². The quantitative estimate of drug-likeness (QED) is 0.620. The van der Waals surface area contributed by atoms with E-state index < -0.39 is 16.5 Å². The number of hydrogen-bond donors (Lipinski definition) is 0. The summed E-state index contributed by atoms with van der Waals surface area (Å²) in [6.07, 6.45) is 1.09. The fraction of sp³-hybridized carbons (Fsp3) is 0.889. The van der Waals surface area contributed by atoms with E-state index in [0.29, 0.717) is 0 Å². The highest BCUT2D eigenvalue weighted by Crippen LogP contribution is 2.36. The van der Waals surface area contributed by atoms with Gasteiger partial charge in [0.25, 0.3) is 0 Å². The summed E-state index contributed by atoms with van der Waals surface area (Å²) in [5.41, 5.74) is 0. The monoisotopic (exact) mass is 200 g/mol. The van der Waals surface area contributed by atoms with E-state index >= 15 is 0 Å². The molecule has 1 heterocycles. The molecule has 0 bridgehead atoms. The fourth-order valence-corrected chi connectivity index (χ4v) is 16.7. The fourth-order valence-electron chi connectivity index (χ4n) is 2.46. The van der Waals surface area contributed by atoms with E-state index in [1.165, 1.54) is 18.6 Å². The van der Waals surface area contributed by atoms with Crippen molar-refractivity contribution in [2.24, 2.45) is 0 Å². The molecule has 1 saturated heterocycles. The van der Waals surface area contributed by atoms with Crippen molar-refractivity contribution in [1.82, 2.24) is 4.23 Å². The number of rotatable bonds is 2. The Balaban J connectivity index is 2.74. The van der Waals surface area contributed by atoms with Crippen LogP contribution in [0.3, 0.4) is 0 Å². The summed E-state index contributed by atoms with van der Waals surface area (Å²) in [4.78, 5) is 0. The van der Waals surface area contributed by atoms with Crippen molar-refractivity contribution in [3.8, 4) is 0 Å². The van der Waals surface area contributed by atoms with Gasteiger partial charge in [0.05, 0.1) is 0 Å². The highest BCUT2D eigenvalue weighted by molar-refractivity contribution is 6.95. The van der Waals surface area contributed by atoms with Crippen LogP contribution in [-0.2, 0) is 0 Å². The van der Waals surface area contributed by atoms with Crippen LogP contribution in [0.25, 0.3) is 0 Å². The van der Waals surface area contributed by atoms with Gasteiger partial charge in [-0.3, -0.25) is 0 Å². The Morgan fingerprint density at radius 1 is 1.08 bits per heavy atom. The summed E-state index contributed by atoms with van der Waals surface area (Å²) in [5, 5.41) is 0. The van der Waals surface area contributed by atoms with E-state index in [2.05, 4.69) is 37.3 Å². The lowest BCUT2D eigenvalue weighted by molar-refractivity contribution is 0.630. The molecule has 1 aliphatic rings. The Hall–Kier alpha value is 0.394. The minimum atomic E-state index is -0.971. The van der Waals surface area contributed by atoms with Gasteiger partial charge in [-0.05, 0) is 25.1 Å². The molecule has 0 aliphatic carbocycles. The lowest BCUT2D eigenvalue weighted by atomic mass is 10.5. The summed E-state index contributed by atoms with van der Waals surface area (Å²) in [6, 6.07) is 3.04. The molecule has 0 atom stereocenters. The predicted octanol–water partition coefficient (Wildman–Crippen LogP) is 2.94. The summed E-state index contributed by atoms with van der Waals surface area (Å²) >= 11 is 0. The first-order valence-corrected chi connectivity index (χ1v) is 11.3. The highest BCUT2D eigenvalue weighted by Gasteiger charge is 2.46. The Morgan fingerprint density at radius 2 is 1.50 bits per heavy atom. The van der Waals surface area contributed by atoms with Crippen LogP contribution >= 0.6 is 0 Å². The molecule has 0 N–H and O–H groups in total.